The smallest absolute Gasteiger partial charge is 0.140 e. The third-order valence-corrected chi connectivity index (χ3v) is 4.34. The molecule has 0 amide bonds. The number of nitrogens with one attached hydrogen (secondary N) is 1. The Bertz CT molecular complexity index is 672. The molecule has 0 atom stereocenters. The third-order valence-electron chi connectivity index (χ3n) is 2.63. The van der Waals surface area contributed by atoms with Crippen molar-refractivity contribution in [1.82, 2.24) is 0 Å². The van der Waals surface area contributed by atoms with Gasteiger partial charge in [0.15, 0.2) is 0 Å². The molecule has 0 saturated heterocycles. The maximum absolute atomic E-state index is 13.2. The first-order valence-electron chi connectivity index (χ1n) is 5.58. The van der Waals surface area contributed by atoms with E-state index in [4.69, 9.17) is 5.26 Å². The number of rotatable bonds is 3. The summed E-state index contributed by atoms with van der Waals surface area (Å²) < 4.78 is 16.0. The molecule has 2 aromatic rings. The van der Waals surface area contributed by atoms with Crippen molar-refractivity contribution in [1.29, 1.82) is 5.26 Å². The van der Waals surface area contributed by atoms with E-state index in [0.717, 1.165) is 24.7 Å². The van der Waals surface area contributed by atoms with Gasteiger partial charge in [-0.15, -0.1) is 0 Å². The fourth-order valence-corrected chi connectivity index (χ4v) is 4.21. The number of hydrogen-bond donors (Lipinski definition) is 1. The number of halogens is 4. The lowest BCUT2D eigenvalue weighted by Gasteiger charge is -2.12. The first kappa shape index (κ1) is 15.5. The van der Waals surface area contributed by atoms with Crippen LogP contribution >= 0.6 is 47.8 Å². The second-order valence-corrected chi connectivity index (χ2v) is 6.65. The number of hydrogen-bond acceptors (Lipinski definition) is 2. The lowest BCUT2D eigenvalue weighted by Crippen LogP contribution is -2.02. The van der Waals surface area contributed by atoms with Crippen molar-refractivity contribution in [2.75, 3.05) is 5.32 Å². The first-order valence-corrected chi connectivity index (χ1v) is 7.96. The van der Waals surface area contributed by atoms with E-state index in [9.17, 15) is 4.39 Å². The molecule has 2 aromatic carbocycles. The summed E-state index contributed by atoms with van der Waals surface area (Å²) in [6.45, 7) is 0.494. The van der Waals surface area contributed by atoms with E-state index in [0.29, 0.717) is 6.54 Å². The predicted octanol–water partition coefficient (Wildman–Crippen LogP) is 5.60. The summed E-state index contributed by atoms with van der Waals surface area (Å²) in [7, 11) is 0. The van der Waals surface area contributed by atoms with Crippen LogP contribution in [0.15, 0.2) is 43.7 Å². The van der Waals surface area contributed by atoms with Crippen LogP contribution in [0, 0.1) is 17.1 Å². The largest absolute Gasteiger partial charge is 0.379 e. The second-order valence-electron chi connectivity index (χ2n) is 4.02. The molecule has 20 heavy (non-hydrogen) atoms. The predicted molar refractivity (Wildman–Crippen MR) is 88.0 cm³/mol. The molecule has 2 nitrogen and oxygen atoms in total. The minimum Gasteiger partial charge on any atom is -0.379 e. The Morgan fingerprint density at radius 3 is 2.35 bits per heavy atom. The lowest BCUT2D eigenvalue weighted by molar-refractivity contribution is 0.623. The molecule has 0 aliphatic heterocycles. The molecule has 0 aliphatic rings. The Kier molecular flexibility index (Phi) is 5.19. The van der Waals surface area contributed by atoms with Crippen LogP contribution in [0.3, 0.4) is 0 Å². The van der Waals surface area contributed by atoms with Crippen LogP contribution < -0.4 is 5.32 Å². The zero-order chi connectivity index (χ0) is 14.7. The van der Waals surface area contributed by atoms with Gasteiger partial charge in [0.2, 0.25) is 0 Å². The Hall–Kier alpha value is -0.900. The zero-order valence-corrected chi connectivity index (χ0v) is 14.8. The van der Waals surface area contributed by atoms with Gasteiger partial charge in [-0.25, -0.2) is 4.39 Å². The normalized spacial score (nSPS) is 10.2. The highest BCUT2D eigenvalue weighted by Gasteiger charge is 2.08. The quantitative estimate of drug-likeness (QED) is 0.644. The van der Waals surface area contributed by atoms with Gasteiger partial charge in [-0.05, 0) is 61.7 Å². The Morgan fingerprint density at radius 2 is 1.75 bits per heavy atom. The van der Waals surface area contributed by atoms with Gasteiger partial charge in [-0.2, -0.15) is 5.26 Å². The molecule has 0 spiro atoms. The maximum atomic E-state index is 13.2. The number of nitriles is 1. The lowest BCUT2D eigenvalue weighted by atomic mass is 10.1. The monoisotopic (exact) mass is 460 g/mol. The van der Waals surface area contributed by atoms with Crippen LogP contribution in [0.4, 0.5) is 10.1 Å². The van der Waals surface area contributed by atoms with Crippen LogP contribution in [0.1, 0.15) is 11.1 Å². The van der Waals surface area contributed by atoms with Gasteiger partial charge in [-0.3, -0.25) is 0 Å². The van der Waals surface area contributed by atoms with Crippen molar-refractivity contribution in [2.45, 2.75) is 6.54 Å². The van der Waals surface area contributed by atoms with E-state index in [2.05, 4.69) is 53.1 Å². The molecule has 0 bridgehead atoms. The van der Waals surface area contributed by atoms with E-state index >= 15 is 0 Å². The fraction of sp³-hybridized carbons (Fsp3) is 0.0714. The summed E-state index contributed by atoms with van der Waals surface area (Å²) >= 11 is 10.4. The van der Waals surface area contributed by atoms with Crippen LogP contribution in [-0.2, 0) is 6.54 Å². The highest BCUT2D eigenvalue weighted by Crippen LogP contribution is 2.34. The van der Waals surface area contributed by atoms with Crippen molar-refractivity contribution in [3.63, 3.8) is 0 Å². The molecule has 0 aliphatic carbocycles. The highest BCUT2D eigenvalue weighted by molar-refractivity contribution is 9.11. The van der Waals surface area contributed by atoms with Gasteiger partial charge in [0.25, 0.3) is 0 Å². The summed E-state index contributed by atoms with van der Waals surface area (Å²) in [5.41, 5.74) is 1.79. The molecule has 0 heterocycles. The van der Waals surface area contributed by atoms with E-state index in [1.54, 1.807) is 12.1 Å². The average molecular weight is 463 g/mol. The van der Waals surface area contributed by atoms with Crippen LogP contribution in [0.5, 0.6) is 0 Å². The molecule has 0 saturated carbocycles. The highest BCUT2D eigenvalue weighted by atomic mass is 79.9. The summed E-state index contributed by atoms with van der Waals surface area (Å²) in [5.74, 6) is -0.498. The molecule has 2 rings (SSSR count). The summed E-state index contributed by atoms with van der Waals surface area (Å²) in [6.07, 6.45) is 0. The topological polar surface area (TPSA) is 35.8 Å². The Labute approximate surface area is 141 Å². The maximum Gasteiger partial charge on any atom is 0.140 e. The molecular formula is C14H8Br3FN2. The van der Waals surface area contributed by atoms with Crippen LogP contribution in [-0.4, -0.2) is 0 Å². The SMILES string of the molecule is N#Cc1cc(CNc2c(Br)cc(Br)cc2Br)ccc1F. The van der Waals surface area contributed by atoms with Gasteiger partial charge >= 0.3 is 0 Å². The molecule has 1 N–H and O–H groups in total. The van der Waals surface area contributed by atoms with E-state index < -0.39 is 5.82 Å². The second kappa shape index (κ2) is 6.70. The van der Waals surface area contributed by atoms with Gasteiger partial charge < -0.3 is 5.32 Å². The van der Waals surface area contributed by atoms with Gasteiger partial charge in [-0.1, -0.05) is 22.0 Å². The van der Waals surface area contributed by atoms with Crippen molar-refractivity contribution in [3.05, 3.63) is 60.7 Å². The molecule has 0 radical (unpaired) electrons. The molecule has 6 heteroatoms. The van der Waals surface area contributed by atoms with Gasteiger partial charge in [0.1, 0.15) is 11.9 Å². The standard InChI is InChI=1S/C14H8Br3FN2/c15-10-4-11(16)14(12(17)5-10)20-7-8-1-2-13(18)9(3-8)6-19/h1-5,20H,7H2. The number of benzene rings is 2. The van der Waals surface area contributed by atoms with Crippen LogP contribution in [0.2, 0.25) is 0 Å². The van der Waals surface area contributed by atoms with E-state index in [1.165, 1.54) is 6.07 Å². The van der Waals surface area contributed by atoms with Gasteiger partial charge in [0, 0.05) is 20.0 Å². The first-order chi connectivity index (χ1) is 9.51. The molecule has 102 valence electrons. The van der Waals surface area contributed by atoms with Gasteiger partial charge in [0.05, 0.1) is 11.3 Å². The molecule has 0 unspecified atom stereocenters. The average Bonchev–Trinajstić information content (AvgIpc) is 2.39. The van der Waals surface area contributed by atoms with Crippen molar-refractivity contribution >= 4 is 53.5 Å². The fourth-order valence-electron chi connectivity index (χ4n) is 1.67. The van der Waals surface area contributed by atoms with Crippen molar-refractivity contribution in [2.24, 2.45) is 0 Å². The Morgan fingerprint density at radius 1 is 1.10 bits per heavy atom. The molecular weight excluding hydrogens is 455 g/mol. The minimum absolute atomic E-state index is 0.0539. The minimum atomic E-state index is -0.498. The summed E-state index contributed by atoms with van der Waals surface area (Å²) in [6, 6.07) is 10.2. The van der Waals surface area contributed by atoms with E-state index in [1.807, 2.05) is 18.2 Å². The van der Waals surface area contributed by atoms with Crippen molar-refractivity contribution < 1.29 is 4.39 Å². The molecule has 0 fully saturated rings. The number of nitrogens with zero attached hydrogens (tertiary/aromatic N) is 1. The van der Waals surface area contributed by atoms with Crippen LogP contribution in [0.25, 0.3) is 0 Å². The third kappa shape index (κ3) is 3.60. The summed E-state index contributed by atoms with van der Waals surface area (Å²) in [5, 5.41) is 12.1. The zero-order valence-electron chi connectivity index (χ0n) is 10.1. The van der Waals surface area contributed by atoms with Crippen molar-refractivity contribution in [3.8, 4) is 6.07 Å². The number of anilines is 1. The summed E-state index contributed by atoms with van der Waals surface area (Å²) in [4.78, 5) is 0. The molecule has 0 aromatic heterocycles. The Balaban J connectivity index is 2.20. The van der Waals surface area contributed by atoms with E-state index in [-0.39, 0.29) is 5.56 Å².